The van der Waals surface area contributed by atoms with Crippen molar-refractivity contribution >= 4 is 22.4 Å². The van der Waals surface area contributed by atoms with Crippen LogP contribution in [-0.2, 0) is 11.2 Å². The van der Waals surface area contributed by atoms with E-state index in [0.717, 1.165) is 36.8 Å². The number of amides is 1. The highest BCUT2D eigenvalue weighted by molar-refractivity contribution is 7.15. The molecule has 2 aliphatic rings. The van der Waals surface area contributed by atoms with Crippen molar-refractivity contribution in [3.8, 4) is 0 Å². The maximum Gasteiger partial charge on any atom is 0.233 e. The van der Waals surface area contributed by atoms with Crippen LogP contribution in [0.2, 0.25) is 0 Å². The number of hydrogen-bond acceptors (Lipinski definition) is 4. The van der Waals surface area contributed by atoms with Crippen LogP contribution in [0.5, 0.6) is 0 Å². The van der Waals surface area contributed by atoms with Crippen LogP contribution < -0.4 is 10.6 Å². The van der Waals surface area contributed by atoms with E-state index in [1.165, 1.54) is 24.1 Å². The second-order valence-electron chi connectivity index (χ2n) is 6.06. The van der Waals surface area contributed by atoms with Crippen molar-refractivity contribution in [1.82, 2.24) is 10.3 Å². The van der Waals surface area contributed by atoms with E-state index in [1.807, 2.05) is 0 Å². The average Bonchev–Trinajstić information content (AvgIpc) is 3.02. The maximum atomic E-state index is 12.8. The average molecular weight is 293 g/mol. The summed E-state index contributed by atoms with van der Waals surface area (Å²) in [6, 6.07) is 0. The molecule has 2 N–H and O–H groups in total. The Morgan fingerprint density at radius 1 is 1.55 bits per heavy atom. The molecule has 1 aliphatic heterocycles. The first-order valence-corrected chi connectivity index (χ1v) is 8.46. The van der Waals surface area contributed by atoms with Gasteiger partial charge in [0.1, 0.15) is 0 Å². The van der Waals surface area contributed by atoms with Gasteiger partial charge in [-0.15, -0.1) is 11.3 Å². The lowest BCUT2D eigenvalue weighted by Gasteiger charge is -2.36. The Morgan fingerprint density at radius 3 is 3.15 bits per heavy atom. The molecule has 0 aromatic carbocycles. The first-order valence-electron chi connectivity index (χ1n) is 7.64. The van der Waals surface area contributed by atoms with E-state index in [-0.39, 0.29) is 11.3 Å². The van der Waals surface area contributed by atoms with Gasteiger partial charge in [0.05, 0.1) is 11.1 Å². The van der Waals surface area contributed by atoms with Crippen LogP contribution in [0.1, 0.15) is 43.2 Å². The molecule has 1 aromatic heterocycles. The number of aromatic nitrogens is 1. The molecular weight excluding hydrogens is 270 g/mol. The predicted octanol–water partition coefficient (Wildman–Crippen LogP) is 2.73. The van der Waals surface area contributed by atoms with E-state index in [4.69, 9.17) is 0 Å². The summed E-state index contributed by atoms with van der Waals surface area (Å²) in [7, 11) is 0. The van der Waals surface area contributed by atoms with Gasteiger partial charge in [-0.05, 0) is 38.6 Å². The number of fused-ring (bicyclic) bond motifs is 1. The minimum atomic E-state index is -0.190. The van der Waals surface area contributed by atoms with Gasteiger partial charge in [0, 0.05) is 11.4 Å². The predicted molar refractivity (Wildman–Crippen MR) is 82.1 cm³/mol. The van der Waals surface area contributed by atoms with Crippen LogP contribution >= 0.6 is 11.3 Å². The molecule has 0 radical (unpaired) electrons. The van der Waals surface area contributed by atoms with Gasteiger partial charge >= 0.3 is 0 Å². The van der Waals surface area contributed by atoms with Crippen LogP contribution in [-0.4, -0.2) is 24.0 Å². The second-order valence-corrected chi connectivity index (χ2v) is 7.26. The molecule has 110 valence electrons. The third kappa shape index (κ3) is 2.27. The Kier molecular flexibility index (Phi) is 3.82. The number of hydrogen-bond donors (Lipinski definition) is 2. The highest BCUT2D eigenvalue weighted by Gasteiger charge is 2.49. The Morgan fingerprint density at radius 2 is 2.40 bits per heavy atom. The molecule has 4 nitrogen and oxygen atoms in total. The Hall–Kier alpha value is -0.940. The quantitative estimate of drug-likeness (QED) is 0.901. The van der Waals surface area contributed by atoms with Crippen molar-refractivity contribution in [2.45, 2.75) is 46.0 Å². The number of nitrogens with one attached hydrogen (secondary N) is 2. The van der Waals surface area contributed by atoms with E-state index in [1.54, 1.807) is 11.3 Å². The Balaban J connectivity index is 1.77. The number of nitrogens with zero attached hydrogens (tertiary/aromatic N) is 1. The van der Waals surface area contributed by atoms with Crippen molar-refractivity contribution in [2.75, 3.05) is 18.4 Å². The highest BCUT2D eigenvalue weighted by Crippen LogP contribution is 2.44. The van der Waals surface area contributed by atoms with E-state index in [0.29, 0.717) is 5.92 Å². The van der Waals surface area contributed by atoms with E-state index in [9.17, 15) is 4.79 Å². The van der Waals surface area contributed by atoms with Gasteiger partial charge in [0.15, 0.2) is 5.13 Å². The Labute approximate surface area is 124 Å². The summed E-state index contributed by atoms with van der Waals surface area (Å²) in [6.45, 7) is 5.99. The zero-order valence-electron chi connectivity index (χ0n) is 12.3. The maximum absolute atomic E-state index is 12.8. The Bertz CT molecular complexity index is 513. The van der Waals surface area contributed by atoms with Crippen molar-refractivity contribution < 1.29 is 4.79 Å². The molecule has 1 aliphatic carbocycles. The molecule has 5 heteroatoms. The minimum absolute atomic E-state index is 0.184. The summed E-state index contributed by atoms with van der Waals surface area (Å²) in [4.78, 5) is 18.5. The van der Waals surface area contributed by atoms with Gasteiger partial charge in [-0.3, -0.25) is 4.79 Å². The van der Waals surface area contributed by atoms with Crippen molar-refractivity contribution in [1.29, 1.82) is 0 Å². The van der Waals surface area contributed by atoms with Crippen LogP contribution in [0.3, 0.4) is 0 Å². The van der Waals surface area contributed by atoms with Crippen LogP contribution in [0.15, 0.2) is 0 Å². The van der Waals surface area contributed by atoms with Crippen LogP contribution in [0.4, 0.5) is 5.13 Å². The zero-order chi connectivity index (χ0) is 14.2. The van der Waals surface area contributed by atoms with Crippen LogP contribution in [0, 0.1) is 18.3 Å². The van der Waals surface area contributed by atoms with Gasteiger partial charge < -0.3 is 10.6 Å². The fraction of sp³-hybridized carbons (Fsp3) is 0.733. The fourth-order valence-corrected chi connectivity index (χ4v) is 4.62. The largest absolute Gasteiger partial charge is 0.315 e. The van der Waals surface area contributed by atoms with E-state index >= 15 is 0 Å². The third-order valence-corrected chi connectivity index (χ3v) is 5.87. The highest BCUT2D eigenvalue weighted by atomic mass is 32.1. The van der Waals surface area contributed by atoms with Crippen molar-refractivity contribution in [3.63, 3.8) is 0 Å². The third-order valence-electron chi connectivity index (χ3n) is 4.94. The van der Waals surface area contributed by atoms with Crippen molar-refractivity contribution in [3.05, 3.63) is 10.6 Å². The first kappa shape index (κ1) is 14.0. The van der Waals surface area contributed by atoms with E-state index < -0.39 is 0 Å². The fourth-order valence-electron chi connectivity index (χ4n) is 3.72. The molecule has 0 spiro atoms. The molecule has 2 fully saturated rings. The summed E-state index contributed by atoms with van der Waals surface area (Å²) >= 11 is 1.60. The smallest absolute Gasteiger partial charge is 0.233 e. The molecule has 2 heterocycles. The molecule has 20 heavy (non-hydrogen) atoms. The zero-order valence-corrected chi connectivity index (χ0v) is 13.1. The summed E-state index contributed by atoms with van der Waals surface area (Å²) in [5.41, 5.74) is 0.914. The first-order chi connectivity index (χ1) is 9.65. The number of rotatable bonds is 3. The number of carbonyl (C=O) groups is 1. The monoisotopic (exact) mass is 293 g/mol. The van der Waals surface area contributed by atoms with Crippen LogP contribution in [0.25, 0.3) is 0 Å². The van der Waals surface area contributed by atoms with Crippen molar-refractivity contribution in [2.24, 2.45) is 11.3 Å². The summed E-state index contributed by atoms with van der Waals surface area (Å²) in [5.74, 6) is 0.687. The van der Waals surface area contributed by atoms with Gasteiger partial charge in [-0.2, -0.15) is 0 Å². The standard InChI is InChI=1S/C15H23N3OS/c1-3-12-10(2)20-14(17-12)18-13(19)15-7-5-4-6-11(15)8-16-9-15/h11,16H,3-9H2,1-2H3,(H,17,18,19)/t11-,15+/m0/s1. The summed E-state index contributed by atoms with van der Waals surface area (Å²) < 4.78 is 0. The lowest BCUT2D eigenvalue weighted by molar-refractivity contribution is -0.128. The lowest BCUT2D eigenvalue weighted by atomic mass is 9.68. The molecule has 1 amide bonds. The topological polar surface area (TPSA) is 54.0 Å². The van der Waals surface area contributed by atoms with E-state index in [2.05, 4.69) is 29.5 Å². The number of aryl methyl sites for hydroxylation is 2. The number of thiazole rings is 1. The number of carbonyl (C=O) groups excluding carboxylic acids is 1. The van der Waals surface area contributed by atoms with Gasteiger partial charge in [0.2, 0.25) is 5.91 Å². The molecule has 0 bridgehead atoms. The van der Waals surface area contributed by atoms with Gasteiger partial charge in [-0.25, -0.2) is 4.98 Å². The molecule has 2 atom stereocenters. The summed E-state index contributed by atoms with van der Waals surface area (Å²) in [6.07, 6.45) is 5.55. The minimum Gasteiger partial charge on any atom is -0.315 e. The summed E-state index contributed by atoms with van der Waals surface area (Å²) in [5, 5.41) is 7.29. The second kappa shape index (κ2) is 5.45. The van der Waals surface area contributed by atoms with Gasteiger partial charge in [-0.1, -0.05) is 19.8 Å². The molecule has 3 rings (SSSR count). The SMILES string of the molecule is CCc1nc(NC(=O)[C@@]23CCCC[C@H]2CNC3)sc1C. The molecule has 1 saturated carbocycles. The lowest BCUT2D eigenvalue weighted by Crippen LogP contribution is -2.44. The molecule has 1 aromatic rings. The number of anilines is 1. The van der Waals surface area contributed by atoms with Gasteiger partial charge in [0.25, 0.3) is 0 Å². The normalized spacial score (nSPS) is 29.2. The molecule has 0 unspecified atom stereocenters. The molecule has 1 saturated heterocycles. The molecular formula is C15H23N3OS.